The zero-order valence-electron chi connectivity index (χ0n) is 15.5. The van der Waals surface area contributed by atoms with Crippen LogP contribution in [-0.4, -0.2) is 41.9 Å². The van der Waals surface area contributed by atoms with Crippen molar-refractivity contribution < 1.29 is 14.6 Å². The van der Waals surface area contributed by atoms with Crippen molar-refractivity contribution in [3.63, 3.8) is 0 Å². The molecule has 0 spiro atoms. The number of amides is 1. The van der Waals surface area contributed by atoms with E-state index in [9.17, 15) is 9.90 Å². The highest BCUT2D eigenvalue weighted by molar-refractivity contribution is 6.42. The van der Waals surface area contributed by atoms with Crippen LogP contribution in [0.15, 0.2) is 18.2 Å². The largest absolute Gasteiger partial charge is 0.444 e. The number of hydrogen-bond acceptors (Lipinski definition) is 3. The van der Waals surface area contributed by atoms with Crippen LogP contribution in [0.2, 0.25) is 10.0 Å². The molecule has 0 aromatic heterocycles. The average Bonchev–Trinajstić information content (AvgIpc) is 3.10. The summed E-state index contributed by atoms with van der Waals surface area (Å²) in [5.41, 5.74) is 0.178. The number of halogens is 2. The lowest BCUT2D eigenvalue weighted by Gasteiger charge is -2.25. The second-order valence-electron chi connectivity index (χ2n) is 7.91. The summed E-state index contributed by atoms with van der Waals surface area (Å²) >= 11 is 12.2. The molecule has 140 valence electrons. The molecule has 1 aromatic carbocycles. The van der Waals surface area contributed by atoms with E-state index in [2.05, 4.69) is 6.92 Å². The zero-order chi connectivity index (χ0) is 19.0. The van der Waals surface area contributed by atoms with Gasteiger partial charge in [0.05, 0.1) is 16.7 Å². The number of ether oxygens (including phenoxy) is 1. The van der Waals surface area contributed by atoms with Gasteiger partial charge in [-0.1, -0.05) is 36.2 Å². The Kier molecular flexibility index (Phi) is 5.97. The summed E-state index contributed by atoms with van der Waals surface area (Å²) in [5.74, 6) is 0.585. The van der Waals surface area contributed by atoms with Gasteiger partial charge in [-0.3, -0.25) is 0 Å². The summed E-state index contributed by atoms with van der Waals surface area (Å²) < 4.78 is 5.38. The molecule has 1 aliphatic rings. The second kappa shape index (κ2) is 7.34. The predicted octanol–water partition coefficient (Wildman–Crippen LogP) is 4.75. The SMILES string of the molecule is C[C@H]1[C@@H](CCN(C)C(=O)OC(C)(C)C)[C@]1(CO)c1ccc(Cl)c(Cl)c1. The number of benzene rings is 1. The molecule has 1 aliphatic carbocycles. The third kappa shape index (κ3) is 4.24. The van der Waals surface area contributed by atoms with Crippen molar-refractivity contribution in [3.05, 3.63) is 33.8 Å². The molecule has 4 nitrogen and oxygen atoms in total. The number of aliphatic hydroxyl groups excluding tert-OH is 1. The quantitative estimate of drug-likeness (QED) is 0.792. The molecule has 1 N–H and O–H groups in total. The Bertz CT molecular complexity index is 644. The molecular weight excluding hydrogens is 361 g/mol. The van der Waals surface area contributed by atoms with Crippen LogP contribution in [0.1, 0.15) is 39.7 Å². The van der Waals surface area contributed by atoms with E-state index in [0.717, 1.165) is 12.0 Å². The van der Waals surface area contributed by atoms with Gasteiger partial charge in [-0.05, 0) is 56.7 Å². The third-order valence-electron chi connectivity index (χ3n) is 5.17. The number of carbonyl (C=O) groups is 1. The van der Waals surface area contributed by atoms with Gasteiger partial charge in [0.1, 0.15) is 5.60 Å². The molecule has 1 amide bonds. The number of carbonyl (C=O) groups excluding carboxylic acids is 1. The lowest BCUT2D eigenvalue weighted by molar-refractivity contribution is 0.0293. The summed E-state index contributed by atoms with van der Waals surface area (Å²) in [6.07, 6.45) is 0.461. The Balaban J connectivity index is 2.03. The molecule has 0 aliphatic heterocycles. The Morgan fingerprint density at radius 1 is 1.32 bits per heavy atom. The zero-order valence-corrected chi connectivity index (χ0v) is 17.0. The van der Waals surface area contributed by atoms with Crippen LogP contribution in [0.25, 0.3) is 0 Å². The minimum Gasteiger partial charge on any atom is -0.444 e. The predicted molar refractivity (Wildman–Crippen MR) is 101 cm³/mol. The highest BCUT2D eigenvalue weighted by Gasteiger charge is 2.61. The van der Waals surface area contributed by atoms with Gasteiger partial charge in [-0.2, -0.15) is 0 Å². The van der Waals surface area contributed by atoms with Crippen LogP contribution < -0.4 is 0 Å². The molecule has 3 atom stereocenters. The molecule has 0 saturated heterocycles. The molecule has 1 fully saturated rings. The summed E-state index contributed by atoms with van der Waals surface area (Å²) in [4.78, 5) is 13.7. The van der Waals surface area contributed by atoms with Gasteiger partial charge in [0.25, 0.3) is 0 Å². The van der Waals surface area contributed by atoms with Gasteiger partial charge in [-0.25, -0.2) is 4.79 Å². The van der Waals surface area contributed by atoms with E-state index in [4.69, 9.17) is 27.9 Å². The molecule has 1 aromatic rings. The monoisotopic (exact) mass is 387 g/mol. The molecule has 0 radical (unpaired) electrons. The lowest BCUT2D eigenvalue weighted by atomic mass is 9.92. The van der Waals surface area contributed by atoms with Crippen molar-refractivity contribution in [2.45, 2.75) is 45.1 Å². The van der Waals surface area contributed by atoms with E-state index < -0.39 is 5.60 Å². The Hall–Kier alpha value is -0.970. The summed E-state index contributed by atoms with van der Waals surface area (Å²) in [7, 11) is 1.74. The standard InChI is InChI=1S/C19H27Cl2NO3/c1-12-14(8-9-22(5)17(24)25-18(2,3)4)19(12,11-23)13-6-7-15(20)16(21)10-13/h6-7,10,12,14,23H,8-9,11H2,1-5H3/t12-,14+,19-/m0/s1. The van der Waals surface area contributed by atoms with Crippen LogP contribution in [0.3, 0.4) is 0 Å². The van der Waals surface area contributed by atoms with Gasteiger partial charge in [0.15, 0.2) is 0 Å². The fourth-order valence-electron chi connectivity index (χ4n) is 3.61. The number of nitrogens with zero attached hydrogens (tertiary/aromatic N) is 1. The van der Waals surface area contributed by atoms with Gasteiger partial charge >= 0.3 is 6.09 Å². The fourth-order valence-corrected chi connectivity index (χ4v) is 3.91. The Morgan fingerprint density at radius 2 is 1.96 bits per heavy atom. The first-order valence-corrected chi connectivity index (χ1v) is 9.29. The van der Waals surface area contributed by atoms with Crippen LogP contribution in [0, 0.1) is 11.8 Å². The molecular formula is C19H27Cl2NO3. The van der Waals surface area contributed by atoms with E-state index >= 15 is 0 Å². The Morgan fingerprint density at radius 3 is 2.48 bits per heavy atom. The van der Waals surface area contributed by atoms with Crippen LogP contribution in [-0.2, 0) is 10.2 Å². The van der Waals surface area contributed by atoms with E-state index in [-0.39, 0.29) is 24.0 Å². The maximum Gasteiger partial charge on any atom is 0.410 e. The van der Waals surface area contributed by atoms with Gasteiger partial charge in [-0.15, -0.1) is 0 Å². The molecule has 0 bridgehead atoms. The van der Waals surface area contributed by atoms with Crippen LogP contribution in [0.5, 0.6) is 0 Å². The summed E-state index contributed by atoms with van der Waals surface area (Å²) in [5, 5.41) is 11.1. The highest BCUT2D eigenvalue weighted by Crippen LogP contribution is 2.61. The van der Waals surface area contributed by atoms with Crippen molar-refractivity contribution in [1.82, 2.24) is 4.90 Å². The molecule has 1 saturated carbocycles. The number of rotatable bonds is 5. The fraction of sp³-hybridized carbons (Fsp3) is 0.632. The van der Waals surface area contributed by atoms with E-state index in [1.54, 1.807) is 18.0 Å². The first-order chi connectivity index (χ1) is 11.5. The number of hydrogen-bond donors (Lipinski definition) is 1. The van der Waals surface area contributed by atoms with Crippen molar-refractivity contribution in [1.29, 1.82) is 0 Å². The molecule has 25 heavy (non-hydrogen) atoms. The maximum atomic E-state index is 12.1. The lowest BCUT2D eigenvalue weighted by Crippen LogP contribution is -2.35. The van der Waals surface area contributed by atoms with Crippen molar-refractivity contribution in [3.8, 4) is 0 Å². The third-order valence-corrected chi connectivity index (χ3v) is 5.91. The topological polar surface area (TPSA) is 49.8 Å². The van der Waals surface area contributed by atoms with Gasteiger partial charge in [0.2, 0.25) is 0 Å². The van der Waals surface area contributed by atoms with Crippen LogP contribution in [0.4, 0.5) is 4.79 Å². The highest BCUT2D eigenvalue weighted by atomic mass is 35.5. The minimum absolute atomic E-state index is 0.0486. The second-order valence-corrected chi connectivity index (χ2v) is 8.73. The molecule has 0 heterocycles. The summed E-state index contributed by atoms with van der Waals surface area (Å²) in [6.45, 7) is 8.30. The van der Waals surface area contributed by atoms with Gasteiger partial charge < -0.3 is 14.7 Å². The Labute approximate surface area is 160 Å². The van der Waals surface area contributed by atoms with Gasteiger partial charge in [0, 0.05) is 19.0 Å². The average molecular weight is 388 g/mol. The smallest absolute Gasteiger partial charge is 0.410 e. The van der Waals surface area contributed by atoms with E-state index in [0.29, 0.717) is 22.5 Å². The number of aliphatic hydroxyl groups is 1. The first-order valence-electron chi connectivity index (χ1n) is 8.53. The van der Waals surface area contributed by atoms with Crippen molar-refractivity contribution in [2.24, 2.45) is 11.8 Å². The van der Waals surface area contributed by atoms with E-state index in [1.807, 2.05) is 32.9 Å². The van der Waals surface area contributed by atoms with Crippen LogP contribution >= 0.6 is 23.2 Å². The molecule has 6 heteroatoms. The van der Waals surface area contributed by atoms with E-state index in [1.165, 1.54) is 0 Å². The van der Waals surface area contributed by atoms with Crippen molar-refractivity contribution in [2.75, 3.05) is 20.2 Å². The first kappa shape index (κ1) is 20.3. The maximum absolute atomic E-state index is 12.1. The minimum atomic E-state index is -0.507. The summed E-state index contributed by atoms with van der Waals surface area (Å²) in [6, 6.07) is 5.54. The normalized spacial score (nSPS) is 25.6. The molecule has 0 unspecified atom stereocenters. The van der Waals surface area contributed by atoms with Crippen molar-refractivity contribution >= 4 is 29.3 Å². The molecule has 2 rings (SSSR count).